The zero-order valence-corrected chi connectivity index (χ0v) is 20.8. The molecule has 0 saturated carbocycles. The number of halogens is 3. The molecule has 3 rings (SSSR count). The highest BCUT2D eigenvalue weighted by Crippen LogP contribution is 2.32. The molecule has 11 heteroatoms. The molecule has 1 amide bonds. The summed E-state index contributed by atoms with van der Waals surface area (Å²) in [6.45, 7) is 7.43. The first kappa shape index (κ1) is 26.4. The molecule has 35 heavy (non-hydrogen) atoms. The smallest absolute Gasteiger partial charge is 0.416 e. The lowest BCUT2D eigenvalue weighted by Gasteiger charge is -2.20. The molecule has 2 atom stereocenters. The van der Waals surface area contributed by atoms with Crippen LogP contribution in [0.15, 0.2) is 53.7 Å². The minimum absolute atomic E-state index is 0.0249. The van der Waals surface area contributed by atoms with Crippen LogP contribution < -0.4 is 14.8 Å². The van der Waals surface area contributed by atoms with Crippen LogP contribution in [0.4, 0.5) is 18.9 Å². The van der Waals surface area contributed by atoms with Gasteiger partial charge < -0.3 is 19.4 Å². The zero-order chi connectivity index (χ0) is 25.8. The maximum Gasteiger partial charge on any atom is 0.416 e. The third kappa shape index (κ3) is 6.68. The number of thioether (sulfide) groups is 1. The molecule has 0 radical (unpaired) electrons. The molecule has 0 aliphatic rings. The molecule has 1 heterocycles. The molecular weight excluding hydrogens is 481 g/mol. The van der Waals surface area contributed by atoms with Gasteiger partial charge in [-0.1, -0.05) is 17.8 Å². The van der Waals surface area contributed by atoms with Crippen molar-refractivity contribution in [2.45, 2.75) is 56.4 Å². The quantitative estimate of drug-likeness (QED) is 0.350. The van der Waals surface area contributed by atoms with Crippen LogP contribution in [-0.2, 0) is 11.0 Å². The van der Waals surface area contributed by atoms with Crippen LogP contribution >= 0.6 is 11.8 Å². The van der Waals surface area contributed by atoms with E-state index in [0.29, 0.717) is 22.5 Å². The Bertz CT molecular complexity index is 1150. The van der Waals surface area contributed by atoms with E-state index in [0.717, 1.165) is 12.1 Å². The molecule has 3 aromatic rings. The largest absolute Gasteiger partial charge is 0.497 e. The Morgan fingerprint density at radius 2 is 1.69 bits per heavy atom. The summed E-state index contributed by atoms with van der Waals surface area (Å²) in [6, 6.07) is 11.7. The third-order valence-corrected chi connectivity index (χ3v) is 6.11. The van der Waals surface area contributed by atoms with Crippen LogP contribution in [0.2, 0.25) is 0 Å². The average molecular weight is 509 g/mol. The number of hydrogen-bond acceptors (Lipinski definition) is 6. The SMILES string of the molecule is COc1ccc(OC(C)c2nnc(SC(C)C(=O)Nc3cccc(C(F)(F)F)c3)n2C(C)C)cc1. The number of carbonyl (C=O) groups is 1. The predicted octanol–water partition coefficient (Wildman–Crippen LogP) is 6.15. The molecule has 2 aromatic carbocycles. The van der Waals surface area contributed by atoms with Crippen molar-refractivity contribution in [3.8, 4) is 11.5 Å². The van der Waals surface area contributed by atoms with E-state index in [2.05, 4.69) is 15.5 Å². The van der Waals surface area contributed by atoms with Gasteiger partial charge in [-0.25, -0.2) is 0 Å². The molecule has 0 spiro atoms. The van der Waals surface area contributed by atoms with E-state index in [1.54, 1.807) is 38.3 Å². The Morgan fingerprint density at radius 3 is 2.29 bits per heavy atom. The molecule has 188 valence electrons. The summed E-state index contributed by atoms with van der Waals surface area (Å²) < 4.78 is 51.9. The molecule has 1 aromatic heterocycles. The molecule has 1 N–H and O–H groups in total. The molecule has 2 unspecified atom stereocenters. The van der Waals surface area contributed by atoms with E-state index < -0.39 is 29.0 Å². The van der Waals surface area contributed by atoms with E-state index in [4.69, 9.17) is 9.47 Å². The number of nitrogens with zero attached hydrogens (tertiary/aromatic N) is 3. The second-order valence-corrected chi connectivity index (χ2v) is 9.38. The summed E-state index contributed by atoms with van der Waals surface area (Å²) in [4.78, 5) is 12.7. The van der Waals surface area contributed by atoms with Crippen LogP contribution in [0.3, 0.4) is 0 Å². The fourth-order valence-electron chi connectivity index (χ4n) is 3.27. The first-order valence-electron chi connectivity index (χ1n) is 10.9. The zero-order valence-electron chi connectivity index (χ0n) is 20.0. The van der Waals surface area contributed by atoms with Crippen molar-refractivity contribution in [3.05, 3.63) is 59.9 Å². The number of nitrogens with one attached hydrogen (secondary N) is 1. The van der Waals surface area contributed by atoms with Crippen LogP contribution in [0.1, 0.15) is 51.2 Å². The number of alkyl halides is 3. The molecule has 0 bridgehead atoms. The lowest BCUT2D eigenvalue weighted by Crippen LogP contribution is -2.23. The summed E-state index contributed by atoms with van der Waals surface area (Å²) in [5.41, 5.74) is -0.754. The maximum absolute atomic E-state index is 13.0. The second kappa shape index (κ2) is 11.0. The number of methoxy groups -OCH3 is 1. The highest BCUT2D eigenvalue weighted by molar-refractivity contribution is 8.00. The molecular formula is C24H27F3N4O3S. The Kier molecular flexibility index (Phi) is 8.31. The molecule has 0 fully saturated rings. The lowest BCUT2D eigenvalue weighted by molar-refractivity contribution is -0.137. The first-order chi connectivity index (χ1) is 16.5. The summed E-state index contributed by atoms with van der Waals surface area (Å²) in [7, 11) is 1.59. The third-order valence-electron chi connectivity index (χ3n) is 5.05. The van der Waals surface area contributed by atoms with E-state index in [1.165, 1.54) is 23.9 Å². The van der Waals surface area contributed by atoms with Gasteiger partial charge in [0.05, 0.1) is 17.9 Å². The number of hydrogen-bond donors (Lipinski definition) is 1. The Morgan fingerprint density at radius 1 is 1.03 bits per heavy atom. The summed E-state index contributed by atoms with van der Waals surface area (Å²) in [6.07, 6.45) is -4.92. The minimum Gasteiger partial charge on any atom is -0.497 e. The number of carbonyl (C=O) groups excluding carboxylic acids is 1. The maximum atomic E-state index is 13.0. The Hall–Kier alpha value is -3.21. The standard InChI is InChI=1S/C24H27F3N4O3S/c1-14(2)31-21(15(3)34-20-11-9-19(33-5)10-12-20)29-30-23(31)35-16(4)22(32)28-18-8-6-7-17(13-18)24(25,26)27/h6-16H,1-5H3,(H,28,32). The van der Waals surface area contributed by atoms with Crippen molar-refractivity contribution in [1.29, 1.82) is 0 Å². The molecule has 0 aliphatic carbocycles. The van der Waals surface area contributed by atoms with Crippen molar-refractivity contribution in [1.82, 2.24) is 14.8 Å². The van der Waals surface area contributed by atoms with Gasteiger partial charge in [0.2, 0.25) is 5.91 Å². The van der Waals surface area contributed by atoms with Gasteiger partial charge >= 0.3 is 6.18 Å². The Labute approximate surface area is 206 Å². The van der Waals surface area contributed by atoms with Crippen LogP contribution in [0.5, 0.6) is 11.5 Å². The van der Waals surface area contributed by atoms with Crippen molar-refractivity contribution in [2.24, 2.45) is 0 Å². The van der Waals surface area contributed by atoms with Crippen LogP contribution in [0.25, 0.3) is 0 Å². The Balaban J connectivity index is 1.72. The van der Waals surface area contributed by atoms with Gasteiger partial charge in [0, 0.05) is 11.7 Å². The number of benzene rings is 2. The monoisotopic (exact) mass is 508 g/mol. The lowest BCUT2D eigenvalue weighted by atomic mass is 10.2. The van der Waals surface area contributed by atoms with Gasteiger partial charge in [-0.05, 0) is 70.2 Å². The summed E-state index contributed by atoms with van der Waals surface area (Å²) in [5, 5.41) is 10.9. The number of rotatable bonds is 9. The average Bonchev–Trinajstić information content (AvgIpc) is 3.23. The van der Waals surface area contributed by atoms with Crippen molar-refractivity contribution < 1.29 is 27.4 Å². The van der Waals surface area contributed by atoms with Gasteiger partial charge in [-0.2, -0.15) is 13.2 Å². The van der Waals surface area contributed by atoms with Gasteiger partial charge in [-0.15, -0.1) is 10.2 Å². The van der Waals surface area contributed by atoms with E-state index in [1.807, 2.05) is 25.3 Å². The topological polar surface area (TPSA) is 78.3 Å². The van der Waals surface area contributed by atoms with E-state index in [-0.39, 0.29) is 11.7 Å². The highest BCUT2D eigenvalue weighted by Gasteiger charge is 2.31. The number of ether oxygens (including phenoxy) is 2. The fraction of sp³-hybridized carbons (Fsp3) is 0.375. The van der Waals surface area contributed by atoms with Gasteiger partial charge in [0.15, 0.2) is 17.1 Å². The number of anilines is 1. The summed E-state index contributed by atoms with van der Waals surface area (Å²) in [5.74, 6) is 1.49. The minimum atomic E-state index is -4.49. The first-order valence-corrected chi connectivity index (χ1v) is 11.8. The number of amides is 1. The van der Waals surface area contributed by atoms with E-state index in [9.17, 15) is 18.0 Å². The van der Waals surface area contributed by atoms with Gasteiger partial charge in [0.1, 0.15) is 11.5 Å². The van der Waals surface area contributed by atoms with Crippen molar-refractivity contribution in [3.63, 3.8) is 0 Å². The normalized spacial score (nSPS) is 13.4. The molecule has 0 aliphatic heterocycles. The highest BCUT2D eigenvalue weighted by atomic mass is 32.2. The van der Waals surface area contributed by atoms with Crippen LogP contribution in [-0.4, -0.2) is 33.0 Å². The molecule has 0 saturated heterocycles. The summed E-state index contributed by atoms with van der Waals surface area (Å²) >= 11 is 1.17. The predicted molar refractivity (Wildman–Crippen MR) is 128 cm³/mol. The molecule has 7 nitrogen and oxygen atoms in total. The van der Waals surface area contributed by atoms with Crippen molar-refractivity contribution >= 4 is 23.4 Å². The fourth-order valence-corrected chi connectivity index (χ4v) is 4.26. The van der Waals surface area contributed by atoms with Gasteiger partial charge in [0.25, 0.3) is 0 Å². The van der Waals surface area contributed by atoms with Crippen molar-refractivity contribution in [2.75, 3.05) is 12.4 Å². The van der Waals surface area contributed by atoms with E-state index >= 15 is 0 Å². The van der Waals surface area contributed by atoms with Gasteiger partial charge in [-0.3, -0.25) is 4.79 Å². The van der Waals surface area contributed by atoms with Crippen LogP contribution in [0, 0.1) is 0 Å². The number of aromatic nitrogens is 3. The second-order valence-electron chi connectivity index (χ2n) is 8.07.